The van der Waals surface area contributed by atoms with Crippen LogP contribution in [-0.4, -0.2) is 10.1 Å². The lowest BCUT2D eigenvalue weighted by Gasteiger charge is -2.06. The largest absolute Gasteiger partial charge is 0.435 e. The summed E-state index contributed by atoms with van der Waals surface area (Å²) in [5.41, 5.74) is 10.7. The number of anilines is 1. The molecular formula is C16H13BrClN3OS. The molecule has 0 radical (unpaired) electrons. The monoisotopic (exact) mass is 409 g/mol. The zero-order valence-corrected chi connectivity index (χ0v) is 15.6. The van der Waals surface area contributed by atoms with E-state index >= 15 is 0 Å². The summed E-state index contributed by atoms with van der Waals surface area (Å²) in [5, 5.41) is 3.53. The van der Waals surface area contributed by atoms with Gasteiger partial charge < -0.3 is 15.5 Å². The number of hydrogen-bond donors (Lipinski definition) is 2. The summed E-state index contributed by atoms with van der Waals surface area (Å²) in [6.07, 6.45) is 0. The minimum absolute atomic E-state index is 0.186. The highest BCUT2D eigenvalue weighted by Crippen LogP contribution is 2.36. The van der Waals surface area contributed by atoms with Gasteiger partial charge in [0.05, 0.1) is 15.1 Å². The number of fused-ring (bicyclic) bond motifs is 1. The SMILES string of the molecule is Cc1cc2nc(-c3ccc(NC(N)=S)cc3Cl)oc2c(Br)c1C. The molecule has 1 aromatic heterocycles. The Morgan fingerprint density at radius 1 is 1.35 bits per heavy atom. The summed E-state index contributed by atoms with van der Waals surface area (Å²) in [4.78, 5) is 4.55. The van der Waals surface area contributed by atoms with Crippen LogP contribution in [0.15, 0.2) is 33.2 Å². The number of aryl methyl sites for hydroxylation is 1. The Morgan fingerprint density at radius 2 is 2.09 bits per heavy atom. The Balaban J connectivity index is 2.10. The second kappa shape index (κ2) is 6.11. The van der Waals surface area contributed by atoms with Crippen molar-refractivity contribution in [1.82, 2.24) is 4.98 Å². The number of thiocarbonyl (C=S) groups is 1. The lowest BCUT2D eigenvalue weighted by molar-refractivity contribution is 0.617. The Labute approximate surface area is 152 Å². The minimum atomic E-state index is 0.186. The average Bonchev–Trinajstić information content (AvgIpc) is 2.88. The molecule has 1 heterocycles. The number of nitrogens with one attached hydrogen (secondary N) is 1. The second-order valence-corrected chi connectivity index (χ2v) is 6.82. The Kier molecular flexibility index (Phi) is 4.31. The molecule has 0 aliphatic rings. The molecule has 23 heavy (non-hydrogen) atoms. The minimum Gasteiger partial charge on any atom is -0.435 e. The van der Waals surface area contributed by atoms with Crippen molar-refractivity contribution in [2.45, 2.75) is 13.8 Å². The molecule has 3 rings (SSSR count). The summed E-state index contributed by atoms with van der Waals surface area (Å²) >= 11 is 14.7. The van der Waals surface area contributed by atoms with Crippen LogP contribution in [0.2, 0.25) is 5.02 Å². The summed E-state index contributed by atoms with van der Waals surface area (Å²) in [5.74, 6) is 0.470. The van der Waals surface area contributed by atoms with Crippen LogP contribution in [0.5, 0.6) is 0 Å². The maximum Gasteiger partial charge on any atom is 0.228 e. The van der Waals surface area contributed by atoms with Crippen molar-refractivity contribution in [1.29, 1.82) is 0 Å². The van der Waals surface area contributed by atoms with E-state index in [1.807, 2.05) is 32.0 Å². The van der Waals surface area contributed by atoms with E-state index in [2.05, 4.69) is 26.2 Å². The average molecular weight is 411 g/mol. The number of benzene rings is 2. The normalized spacial score (nSPS) is 11.0. The van der Waals surface area contributed by atoms with Gasteiger partial charge in [-0.1, -0.05) is 11.6 Å². The highest BCUT2D eigenvalue weighted by molar-refractivity contribution is 9.10. The highest BCUT2D eigenvalue weighted by atomic mass is 79.9. The van der Waals surface area contributed by atoms with Gasteiger partial charge in [-0.05, 0) is 77.4 Å². The fourth-order valence-corrected chi connectivity index (χ4v) is 3.24. The lowest BCUT2D eigenvalue weighted by atomic mass is 10.1. The summed E-state index contributed by atoms with van der Waals surface area (Å²) in [6.45, 7) is 4.07. The fraction of sp³-hybridized carbons (Fsp3) is 0.125. The van der Waals surface area contributed by atoms with Crippen LogP contribution in [0.1, 0.15) is 11.1 Å². The maximum atomic E-state index is 6.34. The van der Waals surface area contributed by atoms with Crippen LogP contribution in [0.3, 0.4) is 0 Å². The van der Waals surface area contributed by atoms with E-state index in [0.717, 1.165) is 26.8 Å². The molecule has 4 nitrogen and oxygen atoms in total. The van der Waals surface area contributed by atoms with Crippen LogP contribution >= 0.6 is 39.7 Å². The quantitative estimate of drug-likeness (QED) is 0.570. The van der Waals surface area contributed by atoms with Gasteiger partial charge in [0.2, 0.25) is 5.89 Å². The number of aromatic nitrogens is 1. The van der Waals surface area contributed by atoms with E-state index in [-0.39, 0.29) is 5.11 Å². The number of oxazole rings is 1. The van der Waals surface area contributed by atoms with Crippen molar-refractivity contribution in [3.63, 3.8) is 0 Å². The first-order valence-electron chi connectivity index (χ1n) is 6.79. The van der Waals surface area contributed by atoms with Crippen LogP contribution in [0.25, 0.3) is 22.6 Å². The lowest BCUT2D eigenvalue weighted by Crippen LogP contribution is -2.18. The fourth-order valence-electron chi connectivity index (χ4n) is 2.27. The Bertz CT molecular complexity index is 939. The molecule has 7 heteroatoms. The van der Waals surface area contributed by atoms with Gasteiger partial charge in [0.1, 0.15) is 5.52 Å². The molecule has 0 saturated carbocycles. The van der Waals surface area contributed by atoms with E-state index in [4.69, 9.17) is 34.0 Å². The van der Waals surface area contributed by atoms with Crippen LogP contribution < -0.4 is 11.1 Å². The molecule has 3 N–H and O–H groups in total. The molecule has 0 atom stereocenters. The molecule has 0 spiro atoms. The number of halogens is 2. The van der Waals surface area contributed by atoms with Crippen LogP contribution in [0.4, 0.5) is 5.69 Å². The maximum absolute atomic E-state index is 6.34. The third kappa shape index (κ3) is 3.06. The predicted octanol–water partition coefficient (Wildman–Crippen LogP) is 5.18. The van der Waals surface area contributed by atoms with Crippen LogP contribution in [0, 0.1) is 13.8 Å². The summed E-state index contributed by atoms with van der Waals surface area (Å²) in [6, 6.07) is 7.37. The van der Waals surface area contributed by atoms with Gasteiger partial charge in [0, 0.05) is 5.69 Å². The topological polar surface area (TPSA) is 64.1 Å². The van der Waals surface area contributed by atoms with E-state index in [9.17, 15) is 0 Å². The van der Waals surface area contributed by atoms with Gasteiger partial charge in [-0.3, -0.25) is 0 Å². The third-order valence-corrected chi connectivity index (χ3v) is 4.96. The van der Waals surface area contributed by atoms with Crippen molar-refractivity contribution in [3.8, 4) is 11.5 Å². The molecule has 0 bridgehead atoms. The van der Waals surface area contributed by atoms with Crippen LogP contribution in [-0.2, 0) is 0 Å². The first kappa shape index (κ1) is 16.2. The van der Waals surface area contributed by atoms with E-state index in [0.29, 0.717) is 22.1 Å². The molecular weight excluding hydrogens is 398 g/mol. The standard InChI is InChI=1S/C16H13BrClN3OS/c1-7-5-12-14(13(17)8(7)2)22-15(21-12)10-4-3-9(6-11(10)18)20-16(19)23/h3-6H,1-2H3,(H3,19,20,23). The summed E-state index contributed by atoms with van der Waals surface area (Å²) in [7, 11) is 0. The Morgan fingerprint density at radius 3 is 2.74 bits per heavy atom. The van der Waals surface area contributed by atoms with Crippen molar-refractivity contribution in [3.05, 3.63) is 44.9 Å². The van der Waals surface area contributed by atoms with Crippen molar-refractivity contribution in [2.24, 2.45) is 5.73 Å². The van der Waals surface area contributed by atoms with Gasteiger partial charge in [0.15, 0.2) is 10.7 Å². The molecule has 0 unspecified atom stereocenters. The summed E-state index contributed by atoms with van der Waals surface area (Å²) < 4.78 is 6.82. The van der Waals surface area contributed by atoms with E-state index < -0.39 is 0 Å². The van der Waals surface area contributed by atoms with E-state index in [1.165, 1.54) is 0 Å². The molecule has 2 aromatic carbocycles. The molecule has 0 saturated heterocycles. The molecule has 0 fully saturated rings. The first-order chi connectivity index (χ1) is 10.9. The number of nitrogens with zero attached hydrogens (tertiary/aromatic N) is 1. The zero-order chi connectivity index (χ0) is 16.7. The van der Waals surface area contributed by atoms with Crippen molar-refractivity contribution >= 4 is 61.6 Å². The number of nitrogens with two attached hydrogens (primary N) is 1. The zero-order valence-electron chi connectivity index (χ0n) is 12.4. The molecule has 3 aromatic rings. The number of hydrogen-bond acceptors (Lipinski definition) is 3. The predicted molar refractivity (Wildman–Crippen MR) is 102 cm³/mol. The van der Waals surface area contributed by atoms with Crippen molar-refractivity contribution < 1.29 is 4.42 Å². The molecule has 0 aliphatic carbocycles. The van der Waals surface area contributed by atoms with Gasteiger partial charge in [-0.2, -0.15) is 0 Å². The van der Waals surface area contributed by atoms with Gasteiger partial charge in [-0.25, -0.2) is 4.98 Å². The smallest absolute Gasteiger partial charge is 0.228 e. The van der Waals surface area contributed by atoms with Gasteiger partial charge in [0.25, 0.3) is 0 Å². The van der Waals surface area contributed by atoms with Crippen molar-refractivity contribution in [2.75, 3.05) is 5.32 Å². The van der Waals surface area contributed by atoms with E-state index in [1.54, 1.807) is 6.07 Å². The first-order valence-corrected chi connectivity index (χ1v) is 8.37. The second-order valence-electron chi connectivity index (χ2n) is 5.18. The van der Waals surface area contributed by atoms with Gasteiger partial charge >= 0.3 is 0 Å². The highest BCUT2D eigenvalue weighted by Gasteiger charge is 2.16. The third-order valence-electron chi connectivity index (χ3n) is 3.59. The van der Waals surface area contributed by atoms with Gasteiger partial charge in [-0.15, -0.1) is 0 Å². The Hall–Kier alpha value is -1.63. The molecule has 118 valence electrons. The number of rotatable bonds is 2. The molecule has 0 amide bonds. The molecule has 0 aliphatic heterocycles.